The molecule has 2 N–H and O–H groups in total. The molecule has 0 amide bonds. The average molecular weight is 286 g/mol. The van der Waals surface area contributed by atoms with Gasteiger partial charge in [0.05, 0.1) is 10.6 Å². The molecule has 19 heavy (non-hydrogen) atoms. The highest BCUT2D eigenvalue weighted by Crippen LogP contribution is 2.29. The van der Waals surface area contributed by atoms with Crippen LogP contribution in [-0.4, -0.2) is 23.9 Å². The quantitative estimate of drug-likeness (QED) is 0.720. The molecule has 1 unspecified atom stereocenters. The fourth-order valence-electron chi connectivity index (χ4n) is 1.58. The number of hydrogen-bond acceptors (Lipinski definition) is 3. The zero-order chi connectivity index (χ0) is 14.3. The normalized spacial score (nSPS) is 14.2. The molecule has 4 heteroatoms. The van der Waals surface area contributed by atoms with Crippen molar-refractivity contribution in [2.75, 3.05) is 13.2 Å². The molecule has 0 aliphatic rings. The highest BCUT2D eigenvalue weighted by atomic mass is 35.5. The predicted octanol–water partition coefficient (Wildman–Crippen LogP) is 3.38. The van der Waals surface area contributed by atoms with Crippen LogP contribution in [0.3, 0.4) is 0 Å². The molecule has 0 aliphatic carbocycles. The summed E-state index contributed by atoms with van der Waals surface area (Å²) in [4.78, 5) is 0. The van der Waals surface area contributed by atoms with Crippen LogP contribution in [-0.2, 0) is 6.54 Å². The van der Waals surface area contributed by atoms with E-state index in [4.69, 9.17) is 16.3 Å². The second-order valence-electron chi connectivity index (χ2n) is 5.04. The van der Waals surface area contributed by atoms with Crippen LogP contribution in [0.5, 0.6) is 5.75 Å². The summed E-state index contributed by atoms with van der Waals surface area (Å²) in [6, 6.07) is 5.71. The molecule has 0 heterocycles. The monoisotopic (exact) mass is 285 g/mol. The van der Waals surface area contributed by atoms with Gasteiger partial charge in [-0.1, -0.05) is 37.6 Å². The Morgan fingerprint density at radius 2 is 2.11 bits per heavy atom. The molecular weight excluding hydrogens is 262 g/mol. The van der Waals surface area contributed by atoms with E-state index in [1.165, 1.54) is 0 Å². The van der Waals surface area contributed by atoms with Gasteiger partial charge in [-0.15, -0.1) is 0 Å². The van der Waals surface area contributed by atoms with Crippen LogP contribution in [0.2, 0.25) is 5.02 Å². The molecule has 1 atom stereocenters. The van der Waals surface area contributed by atoms with E-state index >= 15 is 0 Å². The Hall–Kier alpha value is -0.770. The molecule has 0 aromatic heterocycles. The van der Waals surface area contributed by atoms with Crippen LogP contribution in [0.25, 0.3) is 0 Å². The van der Waals surface area contributed by atoms with Crippen LogP contribution < -0.4 is 10.1 Å². The van der Waals surface area contributed by atoms with Crippen LogP contribution in [0, 0.1) is 0 Å². The minimum Gasteiger partial charge on any atom is -0.489 e. The van der Waals surface area contributed by atoms with Crippen molar-refractivity contribution in [1.29, 1.82) is 0 Å². The molecule has 3 nitrogen and oxygen atoms in total. The maximum atomic E-state index is 10.00. The predicted molar refractivity (Wildman–Crippen MR) is 79.9 cm³/mol. The first-order valence-corrected chi connectivity index (χ1v) is 7.21. The third-order valence-corrected chi connectivity index (χ3v) is 3.38. The maximum Gasteiger partial charge on any atom is 0.142 e. The smallest absolute Gasteiger partial charge is 0.142 e. The summed E-state index contributed by atoms with van der Waals surface area (Å²) >= 11 is 6.18. The van der Waals surface area contributed by atoms with Crippen molar-refractivity contribution in [3.63, 3.8) is 0 Å². The lowest BCUT2D eigenvalue weighted by molar-refractivity contribution is 0.00820. The Balaban J connectivity index is 2.74. The van der Waals surface area contributed by atoms with Crippen molar-refractivity contribution in [3.8, 4) is 5.75 Å². The molecular formula is C15H24ClNO2. The van der Waals surface area contributed by atoms with Crippen LogP contribution in [0.1, 0.15) is 39.2 Å². The molecule has 108 valence electrons. The van der Waals surface area contributed by atoms with E-state index in [9.17, 15) is 5.11 Å². The Labute approximate surface area is 120 Å². The third-order valence-electron chi connectivity index (χ3n) is 3.08. The summed E-state index contributed by atoms with van der Waals surface area (Å²) in [5.41, 5.74) is 0.195. The second-order valence-corrected chi connectivity index (χ2v) is 5.45. The molecule has 0 spiro atoms. The summed E-state index contributed by atoms with van der Waals surface area (Å²) < 4.78 is 5.73. The fraction of sp³-hybridized carbons (Fsp3) is 0.600. The standard InChI is InChI=1S/C15H24ClNO2/c1-4-9-17-10-12-7-6-8-13(16)14(12)19-11-15(3,18)5-2/h6-8,17-18H,4-5,9-11H2,1-3H3. The van der Waals surface area contributed by atoms with Crippen LogP contribution in [0.4, 0.5) is 0 Å². The van der Waals surface area contributed by atoms with Gasteiger partial charge in [0.15, 0.2) is 0 Å². The number of aliphatic hydroxyl groups is 1. The SMILES string of the molecule is CCCNCc1cccc(Cl)c1OCC(C)(O)CC. The topological polar surface area (TPSA) is 41.5 Å². The highest BCUT2D eigenvalue weighted by molar-refractivity contribution is 6.32. The molecule has 1 aromatic carbocycles. The van der Waals surface area contributed by atoms with Gasteiger partial charge in [0.25, 0.3) is 0 Å². The van der Waals surface area contributed by atoms with Gasteiger partial charge >= 0.3 is 0 Å². The van der Waals surface area contributed by atoms with Crippen molar-refractivity contribution < 1.29 is 9.84 Å². The number of benzene rings is 1. The van der Waals surface area contributed by atoms with Gasteiger partial charge in [0.2, 0.25) is 0 Å². The summed E-state index contributed by atoms with van der Waals surface area (Å²) in [6.45, 7) is 7.74. The lowest BCUT2D eigenvalue weighted by Crippen LogP contribution is -2.31. The number of halogens is 1. The molecule has 1 aromatic rings. The fourth-order valence-corrected chi connectivity index (χ4v) is 1.83. The first-order valence-electron chi connectivity index (χ1n) is 6.83. The number of nitrogens with one attached hydrogen (secondary N) is 1. The van der Waals surface area contributed by atoms with Gasteiger partial charge < -0.3 is 15.2 Å². The number of ether oxygens (including phenoxy) is 1. The summed E-state index contributed by atoms with van der Waals surface area (Å²) in [5, 5.41) is 13.9. The van der Waals surface area contributed by atoms with Crippen LogP contribution >= 0.6 is 11.6 Å². The molecule has 1 rings (SSSR count). The number of hydrogen-bond donors (Lipinski definition) is 2. The van der Waals surface area contributed by atoms with Crippen molar-refractivity contribution in [2.45, 2.75) is 45.8 Å². The summed E-state index contributed by atoms with van der Waals surface area (Å²) in [6.07, 6.45) is 1.72. The molecule has 0 aliphatic heterocycles. The van der Waals surface area contributed by atoms with Crippen molar-refractivity contribution in [1.82, 2.24) is 5.32 Å². The van der Waals surface area contributed by atoms with E-state index in [1.807, 2.05) is 19.1 Å². The molecule has 0 saturated carbocycles. The molecule has 0 radical (unpaired) electrons. The van der Waals surface area contributed by atoms with E-state index in [2.05, 4.69) is 12.2 Å². The van der Waals surface area contributed by atoms with E-state index in [0.717, 1.165) is 25.1 Å². The Kier molecular flexibility index (Phi) is 6.63. The van der Waals surface area contributed by atoms with Crippen LogP contribution in [0.15, 0.2) is 18.2 Å². The van der Waals surface area contributed by atoms with Gasteiger partial charge in [-0.3, -0.25) is 0 Å². The first kappa shape index (κ1) is 16.3. The van der Waals surface area contributed by atoms with Crippen molar-refractivity contribution >= 4 is 11.6 Å². The summed E-state index contributed by atoms with van der Waals surface area (Å²) in [5.74, 6) is 0.668. The van der Waals surface area contributed by atoms with Gasteiger partial charge in [-0.25, -0.2) is 0 Å². The minimum atomic E-state index is -0.826. The Morgan fingerprint density at radius 3 is 2.74 bits per heavy atom. The van der Waals surface area contributed by atoms with Gasteiger partial charge in [-0.2, -0.15) is 0 Å². The average Bonchev–Trinajstić information content (AvgIpc) is 2.38. The highest BCUT2D eigenvalue weighted by Gasteiger charge is 2.20. The van der Waals surface area contributed by atoms with Gasteiger partial charge in [0, 0.05) is 12.1 Å². The van der Waals surface area contributed by atoms with E-state index in [1.54, 1.807) is 13.0 Å². The molecule has 0 fully saturated rings. The number of rotatable bonds is 8. The number of para-hydroxylation sites is 1. The van der Waals surface area contributed by atoms with E-state index < -0.39 is 5.60 Å². The zero-order valence-electron chi connectivity index (χ0n) is 12.0. The summed E-state index contributed by atoms with van der Waals surface area (Å²) in [7, 11) is 0. The minimum absolute atomic E-state index is 0.244. The van der Waals surface area contributed by atoms with E-state index in [-0.39, 0.29) is 6.61 Å². The van der Waals surface area contributed by atoms with Crippen molar-refractivity contribution in [2.24, 2.45) is 0 Å². The third kappa shape index (κ3) is 5.39. The lowest BCUT2D eigenvalue weighted by Gasteiger charge is -2.23. The second kappa shape index (κ2) is 7.73. The Morgan fingerprint density at radius 1 is 1.37 bits per heavy atom. The van der Waals surface area contributed by atoms with E-state index in [0.29, 0.717) is 17.2 Å². The molecule has 0 bridgehead atoms. The van der Waals surface area contributed by atoms with Gasteiger partial charge in [-0.05, 0) is 32.4 Å². The van der Waals surface area contributed by atoms with Crippen molar-refractivity contribution in [3.05, 3.63) is 28.8 Å². The lowest BCUT2D eigenvalue weighted by atomic mass is 10.1. The molecule has 0 saturated heterocycles. The maximum absolute atomic E-state index is 10.00. The first-order chi connectivity index (χ1) is 9.00. The zero-order valence-corrected chi connectivity index (χ0v) is 12.8. The largest absolute Gasteiger partial charge is 0.489 e. The van der Waals surface area contributed by atoms with Gasteiger partial charge in [0.1, 0.15) is 12.4 Å². The Bertz CT molecular complexity index is 394.